The second-order valence-electron chi connectivity index (χ2n) is 18.9. The van der Waals surface area contributed by atoms with Crippen LogP contribution in [0.3, 0.4) is 0 Å². The molecule has 0 amide bonds. The van der Waals surface area contributed by atoms with E-state index in [1.54, 1.807) is 45.0 Å². The van der Waals surface area contributed by atoms with E-state index in [4.69, 9.17) is 0 Å². The Balaban J connectivity index is 0.00000366. The van der Waals surface area contributed by atoms with Crippen molar-refractivity contribution in [2.75, 3.05) is 26.4 Å². The molecule has 20 N–H and O–H groups in total. The van der Waals surface area contributed by atoms with Crippen LogP contribution in [0, 0.1) is 13.8 Å². The number of hydrogen-bond donors (Lipinski definition) is 20. The van der Waals surface area contributed by atoms with Crippen molar-refractivity contribution in [2.24, 2.45) is 0 Å². The predicted octanol–water partition coefficient (Wildman–Crippen LogP) is -3.07. The van der Waals surface area contributed by atoms with E-state index in [9.17, 15) is 108 Å². The van der Waals surface area contributed by atoms with Crippen molar-refractivity contribution in [1.82, 2.24) is 0 Å². The molecule has 16 unspecified atom stereocenters. The van der Waals surface area contributed by atoms with Crippen molar-refractivity contribution in [3.63, 3.8) is 0 Å². The summed E-state index contributed by atoms with van der Waals surface area (Å²) in [5.41, 5.74) is 16.2. The van der Waals surface area contributed by atoms with Gasteiger partial charge in [-0.25, -0.2) is 4.70 Å². The Labute approximate surface area is 444 Å². The van der Waals surface area contributed by atoms with E-state index in [1.165, 1.54) is 10.8 Å². The van der Waals surface area contributed by atoms with Crippen LogP contribution >= 0.6 is 0 Å². The van der Waals surface area contributed by atoms with Gasteiger partial charge in [0.05, 0.1) is 50.8 Å². The molecule has 2 aromatic carbocycles. The summed E-state index contributed by atoms with van der Waals surface area (Å²) >= 11 is 1.82. The minimum atomic E-state index is -1.99. The molecule has 22 nitrogen and oxygen atoms in total. The fourth-order valence-electron chi connectivity index (χ4n) is 8.85. The molecule has 434 valence electrons. The minimum absolute atomic E-state index is 0.152. The summed E-state index contributed by atoms with van der Waals surface area (Å²) < 4.78 is 0.860. The molecular weight excluding hydrogens is 1030 g/mol. The van der Waals surface area contributed by atoms with Crippen LogP contribution in [0.4, 0.5) is 0 Å². The van der Waals surface area contributed by atoms with Crippen LogP contribution in [0.25, 0.3) is 16.9 Å². The molecule has 16 atom stereocenters. The molecule has 0 saturated heterocycles. The molecule has 1 heterocycles. The molecular formula is C52H86N2NiO20. The van der Waals surface area contributed by atoms with Gasteiger partial charge in [0, 0.05) is 48.0 Å². The quantitative estimate of drug-likeness (QED) is 0.0255. The second kappa shape index (κ2) is 33.0. The zero-order valence-corrected chi connectivity index (χ0v) is 44.6. The van der Waals surface area contributed by atoms with Crippen molar-refractivity contribution < 1.29 is 121 Å². The maximum atomic E-state index is 12.6. The molecule has 0 spiro atoms. The summed E-state index contributed by atoms with van der Waals surface area (Å²) in [5.74, 6) is 0. The average molecular weight is 1120 g/mol. The van der Waals surface area contributed by atoms with Crippen LogP contribution in [-0.4, -0.2) is 231 Å². The Morgan fingerprint density at radius 3 is 0.880 bits per heavy atom. The zero-order chi connectivity index (χ0) is 57.2. The number of benzene rings is 2. The average Bonchev–Trinajstić information content (AvgIpc) is 3.69. The van der Waals surface area contributed by atoms with Gasteiger partial charge in [0.2, 0.25) is 11.4 Å². The van der Waals surface area contributed by atoms with Gasteiger partial charge < -0.3 is 108 Å². The van der Waals surface area contributed by atoms with E-state index in [0.29, 0.717) is 41.5 Å². The van der Waals surface area contributed by atoms with E-state index in [0.717, 1.165) is 4.70 Å². The summed E-state index contributed by atoms with van der Waals surface area (Å²) in [6, 6.07) is 6.20. The van der Waals surface area contributed by atoms with Crippen molar-refractivity contribution in [1.29, 1.82) is 0 Å². The van der Waals surface area contributed by atoms with E-state index < -0.39 is 150 Å². The Hall–Kier alpha value is -2.79. The van der Waals surface area contributed by atoms with Gasteiger partial charge >= 0.3 is 39.1 Å². The number of rotatable bonds is 32. The van der Waals surface area contributed by atoms with Crippen molar-refractivity contribution in [3.8, 4) is 0 Å². The van der Waals surface area contributed by atoms with Crippen LogP contribution in [0.1, 0.15) is 97.9 Å². The van der Waals surface area contributed by atoms with Crippen molar-refractivity contribution in [2.45, 2.75) is 201 Å². The number of aliphatic hydroxyl groups excluding tert-OH is 20. The van der Waals surface area contributed by atoms with Gasteiger partial charge in [-0.05, 0) is 90.8 Å². The van der Waals surface area contributed by atoms with E-state index in [2.05, 4.69) is 13.8 Å². The molecule has 3 rings (SSSR count). The first-order valence-electron chi connectivity index (χ1n) is 25.3. The number of aliphatic hydroxyl groups is 20. The Kier molecular flexibility index (Phi) is 30.0. The van der Waals surface area contributed by atoms with Gasteiger partial charge in [-0.2, -0.15) is 0 Å². The zero-order valence-electron chi connectivity index (χ0n) is 43.6. The van der Waals surface area contributed by atoms with Gasteiger partial charge in [0.1, 0.15) is 73.2 Å². The summed E-state index contributed by atoms with van der Waals surface area (Å²) in [7, 11) is 0. The molecule has 0 fully saturated rings. The molecule has 0 bridgehead atoms. The molecule has 23 heteroatoms. The summed E-state index contributed by atoms with van der Waals surface area (Å²) in [4.78, 5) is 0. The summed E-state index contributed by atoms with van der Waals surface area (Å²) in [6.45, 7) is 7.47. The topological polar surface area (TPSA) is 430 Å². The van der Waals surface area contributed by atoms with Crippen LogP contribution in [0.2, 0.25) is 10.8 Å². The van der Waals surface area contributed by atoms with Crippen LogP contribution in [0.15, 0.2) is 35.4 Å². The Bertz CT molecular complexity index is 2030. The molecule has 75 heavy (non-hydrogen) atoms. The number of hydrogen-bond acceptors (Lipinski definition) is 20. The first kappa shape index (κ1) is 68.3. The molecule has 1 aliphatic heterocycles. The first-order chi connectivity index (χ1) is 35.3. The van der Waals surface area contributed by atoms with E-state index in [1.807, 2.05) is 21.4 Å². The molecule has 2 aromatic rings. The van der Waals surface area contributed by atoms with E-state index >= 15 is 0 Å². The third-order valence-corrected chi connectivity index (χ3v) is 14.6. The maximum absolute atomic E-state index is 12.6. The molecule has 0 radical (unpaired) electrons. The van der Waals surface area contributed by atoms with Crippen LogP contribution < -0.4 is 0 Å². The SMILES string of the molecule is CCCCC1=C(c2cc(CC(O)C(O)C(O)C(O)CO)c(C)c(CC(O)C(O)C(O)C(O)CO)c2)[N+](=[N-])C(c2cc(CC(O)C(O)C(O)C(O)CO)c(C)c(CC(O)C(O)C(O)C(O)CO)c2)=C1CC.C[CH2][Ni][CH2]C. The van der Waals surface area contributed by atoms with Crippen LogP contribution in [-0.2, 0) is 40.1 Å². The van der Waals surface area contributed by atoms with Gasteiger partial charge in [0.15, 0.2) is 0 Å². The van der Waals surface area contributed by atoms with Gasteiger partial charge in [-0.3, -0.25) is 0 Å². The molecule has 0 aliphatic carbocycles. The summed E-state index contributed by atoms with van der Waals surface area (Å²) in [5, 5.41) is 210. The monoisotopic (exact) mass is 1120 g/mol. The first-order valence-corrected chi connectivity index (χ1v) is 26.7. The second-order valence-corrected chi connectivity index (χ2v) is 20.8. The Morgan fingerprint density at radius 1 is 0.413 bits per heavy atom. The van der Waals surface area contributed by atoms with Gasteiger partial charge in [0.25, 0.3) is 0 Å². The third kappa shape index (κ3) is 18.1. The molecule has 0 aromatic heterocycles. The van der Waals surface area contributed by atoms with Gasteiger partial charge in [-0.15, -0.1) is 0 Å². The molecule has 0 saturated carbocycles. The predicted molar refractivity (Wildman–Crippen MR) is 270 cm³/mol. The van der Waals surface area contributed by atoms with Crippen LogP contribution in [0.5, 0.6) is 0 Å². The molecule has 1 aliphatic rings. The summed E-state index contributed by atoms with van der Waals surface area (Å²) in [6.07, 6.45) is -30.3. The van der Waals surface area contributed by atoms with Crippen molar-refractivity contribution >= 4 is 11.4 Å². The fourth-order valence-corrected chi connectivity index (χ4v) is 9.34. The third-order valence-electron chi connectivity index (χ3n) is 13.6. The number of nitrogens with zero attached hydrogens (tertiary/aromatic N) is 2. The fraction of sp³-hybridized carbons (Fsp3) is 0.692. The van der Waals surface area contributed by atoms with Gasteiger partial charge in [-0.1, -0.05) is 20.3 Å². The van der Waals surface area contributed by atoms with Crippen molar-refractivity contribution in [3.05, 3.63) is 85.5 Å². The number of unbranched alkanes of at least 4 members (excludes halogenated alkanes) is 1. The standard InChI is InChI=1S/C48H76N2O20.2C2H5.Ni/c1-5-7-8-30-29(6-2)39(27-9-23(13-31(55)41(63)45(67)35(59)17-51)21(3)24(10-27)14-32(56)42(64)46(68)36(60)18-52)50(49)40(30)28-11-25(15-33(57)43(65)47(69)37(61)19-53)22(4)26(12-28)16-34(58)44(66)48(70)38(62)20-54;2*1-2;/h9-12,31-38,41-48,51-70H,5-8,13-20H2,1-4H3;2*1H2,2H3;. The number of allylic oxidation sites excluding steroid dienone is 2. The van der Waals surface area contributed by atoms with E-state index in [-0.39, 0.29) is 51.2 Å². The normalized spacial score (nSPS) is 19.8. The Morgan fingerprint density at radius 2 is 0.667 bits per heavy atom.